The molecule has 0 saturated carbocycles. The second kappa shape index (κ2) is 10.9. The van der Waals surface area contributed by atoms with E-state index in [-0.39, 0.29) is 17.0 Å². The zero-order valence-electron chi connectivity index (χ0n) is 16.3. The van der Waals surface area contributed by atoms with E-state index in [1.54, 1.807) is 13.0 Å². The number of urea groups is 1. The smallest absolute Gasteiger partial charge is 0.335 e. The topological polar surface area (TPSA) is 222 Å². The van der Waals surface area contributed by atoms with Crippen LogP contribution in [0.5, 0.6) is 0 Å². The quantitative estimate of drug-likeness (QED) is 0.239. The summed E-state index contributed by atoms with van der Waals surface area (Å²) in [7, 11) is -4.11. The Balaban J connectivity index is 0.000000367. The minimum atomic E-state index is -4.11. The van der Waals surface area contributed by atoms with Crippen LogP contribution in [0.15, 0.2) is 47.4 Å². The summed E-state index contributed by atoms with van der Waals surface area (Å²) in [5, 5.41) is 22.1. The van der Waals surface area contributed by atoms with E-state index < -0.39 is 34.1 Å². The maximum Gasteiger partial charge on any atom is 0.335 e. The summed E-state index contributed by atoms with van der Waals surface area (Å²) >= 11 is 0. The van der Waals surface area contributed by atoms with Crippen LogP contribution in [0.3, 0.4) is 0 Å². The number of aromatic carboxylic acids is 1. The molecule has 2 rings (SSSR count). The Morgan fingerprint density at radius 1 is 1.10 bits per heavy atom. The molecule has 0 saturated heterocycles. The summed E-state index contributed by atoms with van der Waals surface area (Å²) < 4.78 is 29.5. The number of amides is 2. The molecule has 0 unspecified atom stereocenters. The number of nitrogens with one attached hydrogen (secondary N) is 2. The number of carbonyl (C=O) groups is 3. The normalized spacial score (nSPS) is 11.5. The number of carboxylic acids is 2. The number of benzene rings is 2. The maximum atomic E-state index is 11.6. The van der Waals surface area contributed by atoms with Gasteiger partial charge in [-0.2, -0.15) is 8.42 Å². The van der Waals surface area contributed by atoms with Crippen molar-refractivity contribution in [1.82, 2.24) is 5.32 Å². The third-order valence-electron chi connectivity index (χ3n) is 3.69. The molecule has 0 bridgehead atoms. The molecule has 2 amide bonds. The molecule has 2 aromatic carbocycles. The van der Waals surface area contributed by atoms with Gasteiger partial charge in [0, 0.05) is 17.9 Å². The van der Waals surface area contributed by atoms with E-state index in [1.165, 1.54) is 36.4 Å². The molecule has 13 heteroatoms. The minimum Gasteiger partial charge on any atom is -0.480 e. The first-order valence-electron chi connectivity index (χ1n) is 8.51. The van der Waals surface area contributed by atoms with E-state index in [9.17, 15) is 22.8 Å². The molecule has 2 aromatic rings. The molecule has 0 aliphatic heterocycles. The molecule has 168 valence electrons. The van der Waals surface area contributed by atoms with Gasteiger partial charge >= 0.3 is 18.0 Å². The van der Waals surface area contributed by atoms with Gasteiger partial charge in [-0.15, -0.1) is 0 Å². The number of rotatable bonds is 6. The van der Waals surface area contributed by atoms with Gasteiger partial charge in [0.1, 0.15) is 6.04 Å². The average molecular weight is 454 g/mol. The molecule has 0 fully saturated rings. The Kier molecular flexibility index (Phi) is 8.93. The number of anilines is 2. The molecule has 9 N–H and O–H groups in total. The van der Waals surface area contributed by atoms with Gasteiger partial charge in [0.15, 0.2) is 0 Å². The van der Waals surface area contributed by atoms with Crippen molar-refractivity contribution in [3.05, 3.63) is 53.6 Å². The first-order valence-corrected chi connectivity index (χ1v) is 9.95. The lowest BCUT2D eigenvalue weighted by molar-refractivity contribution is -0.138. The highest BCUT2D eigenvalue weighted by molar-refractivity contribution is 7.85. The van der Waals surface area contributed by atoms with Crippen LogP contribution in [0.1, 0.15) is 15.9 Å². The summed E-state index contributed by atoms with van der Waals surface area (Å²) in [5.74, 6) is -2.34. The molecule has 0 aromatic heterocycles. The number of hydrogen-bond donors (Lipinski definition) is 7. The first-order chi connectivity index (χ1) is 14.3. The predicted octanol–water partition coefficient (Wildman–Crippen LogP) is 0.742. The third kappa shape index (κ3) is 8.69. The summed E-state index contributed by atoms with van der Waals surface area (Å²) in [6.07, 6.45) is 0. The summed E-state index contributed by atoms with van der Waals surface area (Å²) in [4.78, 5) is 32.7. The highest BCUT2D eigenvalue weighted by atomic mass is 32.2. The molecular formula is C18H22N4O8S. The zero-order valence-corrected chi connectivity index (χ0v) is 17.1. The predicted molar refractivity (Wildman–Crippen MR) is 111 cm³/mol. The first kappa shape index (κ1) is 25.4. The van der Waals surface area contributed by atoms with Crippen molar-refractivity contribution in [2.75, 3.05) is 17.6 Å². The van der Waals surface area contributed by atoms with Crippen LogP contribution in [-0.2, 0) is 14.9 Å². The largest absolute Gasteiger partial charge is 0.480 e. The van der Waals surface area contributed by atoms with Crippen molar-refractivity contribution < 1.29 is 37.6 Å². The maximum absolute atomic E-state index is 11.6. The molecule has 0 spiro atoms. The molecule has 0 heterocycles. The monoisotopic (exact) mass is 454 g/mol. The second-order valence-corrected chi connectivity index (χ2v) is 7.58. The lowest BCUT2D eigenvalue weighted by Gasteiger charge is -2.12. The molecule has 0 aliphatic rings. The van der Waals surface area contributed by atoms with Crippen molar-refractivity contribution >= 4 is 39.5 Å². The van der Waals surface area contributed by atoms with E-state index in [1.807, 2.05) is 0 Å². The van der Waals surface area contributed by atoms with Crippen molar-refractivity contribution in [3.8, 4) is 0 Å². The van der Waals surface area contributed by atoms with Crippen LogP contribution in [-0.4, -0.2) is 53.7 Å². The molecule has 31 heavy (non-hydrogen) atoms. The van der Waals surface area contributed by atoms with Crippen molar-refractivity contribution in [3.63, 3.8) is 0 Å². The third-order valence-corrected chi connectivity index (χ3v) is 4.54. The summed E-state index contributed by atoms with van der Waals surface area (Å²) in [5.41, 5.74) is 11.9. The number of hydrogen-bond acceptors (Lipinski definition) is 7. The number of nitrogen functional groups attached to an aromatic ring is 1. The van der Waals surface area contributed by atoms with Crippen LogP contribution in [0.25, 0.3) is 0 Å². The average Bonchev–Trinajstić information content (AvgIpc) is 2.67. The van der Waals surface area contributed by atoms with Gasteiger partial charge in [-0.1, -0.05) is 12.1 Å². The zero-order chi connectivity index (χ0) is 23.8. The van der Waals surface area contributed by atoms with Crippen molar-refractivity contribution in [2.45, 2.75) is 17.9 Å². The highest BCUT2D eigenvalue weighted by Crippen LogP contribution is 2.16. The molecule has 1 atom stereocenters. The van der Waals surface area contributed by atoms with E-state index in [0.29, 0.717) is 16.9 Å². The van der Waals surface area contributed by atoms with E-state index in [4.69, 9.17) is 26.2 Å². The molecular weight excluding hydrogens is 432 g/mol. The Bertz CT molecular complexity index is 1070. The summed E-state index contributed by atoms with van der Waals surface area (Å²) in [6.45, 7) is 1.46. The Labute approximate surface area is 177 Å². The lowest BCUT2D eigenvalue weighted by Crippen LogP contribution is -2.43. The second-order valence-electron chi connectivity index (χ2n) is 6.16. The molecule has 0 aliphatic carbocycles. The van der Waals surface area contributed by atoms with Gasteiger partial charge in [0.05, 0.1) is 10.5 Å². The van der Waals surface area contributed by atoms with Gasteiger partial charge in [-0.05, 0) is 42.8 Å². The van der Waals surface area contributed by atoms with Crippen LogP contribution < -0.4 is 22.1 Å². The lowest BCUT2D eigenvalue weighted by atomic mass is 10.1. The Morgan fingerprint density at radius 2 is 1.74 bits per heavy atom. The van der Waals surface area contributed by atoms with Gasteiger partial charge < -0.3 is 32.3 Å². The van der Waals surface area contributed by atoms with Crippen LogP contribution in [0, 0.1) is 6.92 Å². The number of aliphatic carboxylic acids is 1. The van der Waals surface area contributed by atoms with E-state index in [0.717, 1.165) is 0 Å². The van der Waals surface area contributed by atoms with Crippen LogP contribution >= 0.6 is 0 Å². The number of nitrogens with two attached hydrogens (primary N) is 2. The van der Waals surface area contributed by atoms with E-state index in [2.05, 4.69) is 10.6 Å². The fraction of sp³-hybridized carbons (Fsp3) is 0.167. The van der Waals surface area contributed by atoms with Gasteiger partial charge in [-0.25, -0.2) is 9.59 Å². The fourth-order valence-corrected chi connectivity index (χ4v) is 2.56. The molecule has 0 radical (unpaired) electrons. The highest BCUT2D eigenvalue weighted by Gasteiger charge is 2.13. The van der Waals surface area contributed by atoms with Gasteiger partial charge in [-0.3, -0.25) is 9.35 Å². The van der Waals surface area contributed by atoms with Crippen molar-refractivity contribution in [1.29, 1.82) is 0 Å². The number of carbonyl (C=O) groups excluding carboxylic acids is 1. The standard InChI is InChI=1S/C12H15N3O5.C6H7NO3S/c1-6-2-3-7(10(16)17)4-9(6)15-12(20)14-5-8(13)11(18)19;7-5-2-1-3-6(4-5)11(8,9)10/h2-4,8H,5,13H2,1H3,(H,16,17)(H,18,19)(H2,14,15,20);1-4H,7H2,(H,8,9,10)/t8-;/m0./s1. The van der Waals surface area contributed by atoms with Crippen LogP contribution in [0.2, 0.25) is 0 Å². The SMILES string of the molecule is Cc1ccc(C(=O)O)cc1NC(=O)NC[C@H](N)C(=O)O.Nc1cccc(S(=O)(=O)O)c1. The number of aryl methyl sites for hydroxylation is 1. The molecule has 12 nitrogen and oxygen atoms in total. The van der Waals surface area contributed by atoms with E-state index >= 15 is 0 Å². The summed E-state index contributed by atoms with van der Waals surface area (Å²) in [6, 6.07) is 7.88. The Morgan fingerprint density at radius 3 is 2.23 bits per heavy atom. The number of carboxylic acid groups (broad SMARTS) is 2. The Hall–Kier alpha value is -3.68. The minimum absolute atomic E-state index is 0.0353. The van der Waals surface area contributed by atoms with Gasteiger partial charge in [0.25, 0.3) is 10.1 Å². The fourth-order valence-electron chi connectivity index (χ4n) is 2.02. The van der Waals surface area contributed by atoms with Crippen molar-refractivity contribution in [2.24, 2.45) is 5.73 Å². The van der Waals surface area contributed by atoms with Crippen LogP contribution in [0.4, 0.5) is 16.2 Å². The van der Waals surface area contributed by atoms with Gasteiger partial charge in [0.2, 0.25) is 0 Å².